The molecule has 2 heterocycles. The third-order valence-electron chi connectivity index (χ3n) is 2.34. The first-order valence-electron chi connectivity index (χ1n) is 4.97. The van der Waals surface area contributed by atoms with E-state index in [0.29, 0.717) is 0 Å². The lowest BCUT2D eigenvalue weighted by Gasteiger charge is -2.18. The Kier molecular flexibility index (Phi) is 2.35. The Morgan fingerprint density at radius 1 is 1.27 bits per heavy atom. The highest BCUT2D eigenvalue weighted by Crippen LogP contribution is 2.20. The first-order chi connectivity index (χ1) is 6.98. The van der Waals surface area contributed by atoms with E-state index in [1.165, 1.54) is 0 Å². The van der Waals surface area contributed by atoms with Gasteiger partial charge in [0.2, 0.25) is 0 Å². The number of aromatic nitrogens is 2. The summed E-state index contributed by atoms with van der Waals surface area (Å²) in [7, 11) is 0. The molecule has 0 aliphatic heterocycles. The zero-order chi connectivity index (χ0) is 11.1. The van der Waals surface area contributed by atoms with Gasteiger partial charge in [0, 0.05) is 11.6 Å². The topological polar surface area (TPSA) is 17.3 Å². The monoisotopic (exact) mass is 218 g/mol. The van der Waals surface area contributed by atoms with Gasteiger partial charge in [0.15, 0.2) is 0 Å². The van der Waals surface area contributed by atoms with Crippen molar-refractivity contribution < 1.29 is 0 Å². The Hall–Kier alpha value is -1.22. The third kappa shape index (κ3) is 1.92. The van der Waals surface area contributed by atoms with Crippen molar-refractivity contribution >= 4 is 17.9 Å². The smallest absolute Gasteiger partial charge is 0.138 e. The first-order valence-corrected chi connectivity index (χ1v) is 5.38. The summed E-state index contributed by atoms with van der Waals surface area (Å²) in [6.45, 7) is 6.43. The van der Waals surface area contributed by atoms with Gasteiger partial charge < -0.3 is 0 Å². The molecule has 0 saturated carbocycles. The second-order valence-corrected chi connectivity index (χ2v) is 5.08. The van der Waals surface area contributed by atoms with Crippen LogP contribution in [0.5, 0.6) is 0 Å². The summed E-state index contributed by atoms with van der Waals surface area (Å²) >= 11 is 5.33. The van der Waals surface area contributed by atoms with E-state index in [4.69, 9.17) is 12.2 Å². The summed E-state index contributed by atoms with van der Waals surface area (Å²) in [6, 6.07) is 7.89. The molecule has 0 aliphatic carbocycles. The van der Waals surface area contributed by atoms with Crippen LogP contribution >= 0.6 is 12.2 Å². The lowest BCUT2D eigenvalue weighted by atomic mass is 9.92. The van der Waals surface area contributed by atoms with Crippen LogP contribution in [0.25, 0.3) is 5.65 Å². The van der Waals surface area contributed by atoms with E-state index in [-0.39, 0.29) is 5.41 Å². The van der Waals surface area contributed by atoms with E-state index < -0.39 is 0 Å². The van der Waals surface area contributed by atoms with Gasteiger partial charge in [-0.15, -0.1) is 0 Å². The fraction of sp³-hybridized carbons (Fsp3) is 0.333. The molecule has 3 heteroatoms. The van der Waals surface area contributed by atoms with Crippen molar-refractivity contribution in [3.63, 3.8) is 0 Å². The minimum Gasteiger partial charge on any atom is -0.292 e. The Morgan fingerprint density at radius 2 is 2.00 bits per heavy atom. The molecule has 2 aromatic rings. The highest BCUT2D eigenvalue weighted by molar-refractivity contribution is 7.71. The van der Waals surface area contributed by atoms with Gasteiger partial charge in [-0.25, -0.2) is 4.98 Å². The summed E-state index contributed by atoms with van der Waals surface area (Å²) in [5.74, 6) is 0. The van der Waals surface area contributed by atoms with E-state index in [2.05, 4.69) is 25.8 Å². The standard InChI is InChI=1S/C12H14N2S/c1-12(2,3)9-8-11(15)14-7-5-4-6-10(14)13-9/h4-8H,1-3H3. The average molecular weight is 218 g/mol. The predicted octanol–water partition coefficient (Wildman–Crippen LogP) is 3.36. The van der Waals surface area contributed by atoms with Gasteiger partial charge in [0.05, 0.1) is 5.69 Å². The molecule has 2 rings (SSSR count). The van der Waals surface area contributed by atoms with Gasteiger partial charge in [-0.1, -0.05) is 39.1 Å². The molecule has 0 atom stereocenters. The molecule has 0 fully saturated rings. The molecule has 0 amide bonds. The molecule has 0 bridgehead atoms. The van der Waals surface area contributed by atoms with E-state index in [1.807, 2.05) is 34.9 Å². The number of pyridine rings is 1. The highest BCUT2D eigenvalue weighted by atomic mass is 32.1. The van der Waals surface area contributed by atoms with E-state index >= 15 is 0 Å². The fourth-order valence-electron chi connectivity index (χ4n) is 1.44. The van der Waals surface area contributed by atoms with Crippen molar-refractivity contribution in [1.29, 1.82) is 0 Å². The molecule has 0 spiro atoms. The van der Waals surface area contributed by atoms with Crippen molar-refractivity contribution in [2.24, 2.45) is 0 Å². The van der Waals surface area contributed by atoms with Crippen molar-refractivity contribution in [2.45, 2.75) is 26.2 Å². The van der Waals surface area contributed by atoms with Gasteiger partial charge in [0.1, 0.15) is 10.3 Å². The number of nitrogens with zero attached hydrogens (tertiary/aromatic N) is 2. The maximum absolute atomic E-state index is 5.33. The lowest BCUT2D eigenvalue weighted by molar-refractivity contribution is 0.568. The van der Waals surface area contributed by atoms with Crippen LogP contribution in [0.3, 0.4) is 0 Å². The van der Waals surface area contributed by atoms with Crippen molar-refractivity contribution in [3.8, 4) is 0 Å². The summed E-state index contributed by atoms with van der Waals surface area (Å²) in [6.07, 6.45) is 1.94. The molecule has 2 aromatic heterocycles. The quantitative estimate of drug-likeness (QED) is 0.631. The first kappa shape index (κ1) is 10.3. The minimum absolute atomic E-state index is 0.0398. The van der Waals surface area contributed by atoms with Crippen molar-refractivity contribution in [3.05, 3.63) is 40.8 Å². The molecule has 0 aromatic carbocycles. The van der Waals surface area contributed by atoms with Crippen LogP contribution < -0.4 is 0 Å². The largest absolute Gasteiger partial charge is 0.292 e. The van der Waals surface area contributed by atoms with E-state index in [1.54, 1.807) is 0 Å². The van der Waals surface area contributed by atoms with Gasteiger partial charge >= 0.3 is 0 Å². The molecule has 0 radical (unpaired) electrons. The third-order valence-corrected chi connectivity index (χ3v) is 2.65. The number of fused-ring (bicyclic) bond motifs is 1. The van der Waals surface area contributed by atoms with Crippen molar-refractivity contribution in [2.75, 3.05) is 0 Å². The number of hydrogen-bond donors (Lipinski definition) is 0. The SMILES string of the molecule is CC(C)(C)c1cc(=S)n2ccccc2n1. The molecule has 15 heavy (non-hydrogen) atoms. The van der Waals surface area contributed by atoms with Crippen LogP contribution in [-0.2, 0) is 5.41 Å². The van der Waals surface area contributed by atoms with Gasteiger partial charge in [-0.3, -0.25) is 4.40 Å². The average Bonchev–Trinajstić information content (AvgIpc) is 2.16. The van der Waals surface area contributed by atoms with Crippen LogP contribution in [0.1, 0.15) is 26.5 Å². The Bertz CT molecular complexity index is 549. The molecule has 0 N–H and O–H groups in total. The Labute approximate surface area is 94.6 Å². The van der Waals surface area contributed by atoms with Crippen LogP contribution in [0.2, 0.25) is 0 Å². The van der Waals surface area contributed by atoms with Gasteiger partial charge in [-0.2, -0.15) is 0 Å². The minimum atomic E-state index is 0.0398. The lowest BCUT2D eigenvalue weighted by Crippen LogP contribution is -2.14. The summed E-state index contributed by atoms with van der Waals surface area (Å²) < 4.78 is 2.73. The van der Waals surface area contributed by atoms with Gasteiger partial charge in [0.25, 0.3) is 0 Å². The maximum Gasteiger partial charge on any atom is 0.138 e. The molecule has 0 aliphatic rings. The molecular formula is C12H14N2S. The van der Waals surface area contributed by atoms with E-state index in [9.17, 15) is 0 Å². The summed E-state index contributed by atoms with van der Waals surface area (Å²) in [4.78, 5) is 4.60. The molecular weight excluding hydrogens is 204 g/mol. The van der Waals surface area contributed by atoms with Crippen molar-refractivity contribution in [1.82, 2.24) is 9.38 Å². The normalized spacial score (nSPS) is 11.9. The van der Waals surface area contributed by atoms with Crippen LogP contribution in [-0.4, -0.2) is 9.38 Å². The van der Waals surface area contributed by atoms with Crippen LogP contribution in [0, 0.1) is 4.64 Å². The number of hydrogen-bond acceptors (Lipinski definition) is 2. The zero-order valence-electron chi connectivity index (χ0n) is 9.19. The fourth-order valence-corrected chi connectivity index (χ4v) is 1.70. The van der Waals surface area contributed by atoms with Crippen LogP contribution in [0.15, 0.2) is 30.5 Å². The molecule has 0 saturated heterocycles. The molecule has 78 valence electrons. The molecule has 0 unspecified atom stereocenters. The Balaban J connectivity index is 2.79. The van der Waals surface area contributed by atoms with Crippen LogP contribution in [0.4, 0.5) is 0 Å². The second kappa shape index (κ2) is 3.42. The molecule has 2 nitrogen and oxygen atoms in total. The maximum atomic E-state index is 5.33. The highest BCUT2D eigenvalue weighted by Gasteiger charge is 2.15. The van der Waals surface area contributed by atoms with Gasteiger partial charge in [-0.05, 0) is 18.2 Å². The zero-order valence-corrected chi connectivity index (χ0v) is 10.0. The summed E-state index contributed by atoms with van der Waals surface area (Å²) in [5.41, 5.74) is 1.99. The van der Waals surface area contributed by atoms with E-state index in [0.717, 1.165) is 16.0 Å². The number of rotatable bonds is 0. The second-order valence-electron chi connectivity index (χ2n) is 4.66. The predicted molar refractivity (Wildman–Crippen MR) is 64.7 cm³/mol. The summed E-state index contributed by atoms with van der Waals surface area (Å²) in [5, 5.41) is 0. The Morgan fingerprint density at radius 3 is 2.67 bits per heavy atom.